The van der Waals surface area contributed by atoms with Crippen molar-refractivity contribution >= 4 is 5.91 Å². The lowest BCUT2D eigenvalue weighted by molar-refractivity contribution is 0.0831. The molecule has 3 aliphatic rings. The van der Waals surface area contributed by atoms with Crippen molar-refractivity contribution in [1.82, 2.24) is 20.1 Å². The lowest BCUT2D eigenvalue weighted by Crippen LogP contribution is -2.38. The highest BCUT2D eigenvalue weighted by Gasteiger charge is 2.47. The van der Waals surface area contributed by atoms with Gasteiger partial charge in [0.15, 0.2) is 5.76 Å². The largest absolute Gasteiger partial charge is 0.455 e. The second-order valence-electron chi connectivity index (χ2n) is 9.45. The molecule has 3 aromatic heterocycles. The third-order valence-corrected chi connectivity index (χ3v) is 7.41. The molecular weight excluding hydrogens is 404 g/mol. The summed E-state index contributed by atoms with van der Waals surface area (Å²) in [5.74, 6) is 1.16. The number of pyridine rings is 1. The molecule has 1 saturated heterocycles. The summed E-state index contributed by atoms with van der Waals surface area (Å²) >= 11 is 0. The maximum atomic E-state index is 13.0. The summed E-state index contributed by atoms with van der Waals surface area (Å²) in [4.78, 5) is 17.1. The fraction of sp³-hybridized carbons (Fsp3) is 0.480. The van der Waals surface area contributed by atoms with E-state index in [9.17, 15) is 4.79 Å². The van der Waals surface area contributed by atoms with Gasteiger partial charge in [-0.1, -0.05) is 6.42 Å². The summed E-state index contributed by atoms with van der Waals surface area (Å²) < 4.78 is 13.9. The van der Waals surface area contributed by atoms with Crippen molar-refractivity contribution in [2.75, 3.05) is 13.2 Å². The predicted octanol–water partition coefficient (Wildman–Crippen LogP) is 3.78. The smallest absolute Gasteiger partial charge is 0.287 e. The van der Waals surface area contributed by atoms with Crippen LogP contribution in [0.1, 0.15) is 65.1 Å². The van der Waals surface area contributed by atoms with Gasteiger partial charge in [0.25, 0.3) is 5.91 Å². The van der Waals surface area contributed by atoms with Crippen LogP contribution in [0.3, 0.4) is 0 Å². The fourth-order valence-corrected chi connectivity index (χ4v) is 5.52. The predicted molar refractivity (Wildman–Crippen MR) is 119 cm³/mol. The second kappa shape index (κ2) is 7.59. The van der Waals surface area contributed by atoms with Gasteiger partial charge in [-0.25, -0.2) is 0 Å². The van der Waals surface area contributed by atoms with Crippen molar-refractivity contribution < 1.29 is 13.9 Å². The average molecular weight is 433 g/mol. The number of carbonyl (C=O) groups is 1. The molecule has 6 rings (SSSR count). The van der Waals surface area contributed by atoms with Gasteiger partial charge < -0.3 is 14.5 Å². The van der Waals surface area contributed by atoms with Crippen LogP contribution in [0.2, 0.25) is 0 Å². The highest BCUT2D eigenvalue weighted by Crippen LogP contribution is 2.54. The van der Waals surface area contributed by atoms with Crippen LogP contribution in [-0.2, 0) is 23.1 Å². The molecule has 2 aliphatic carbocycles. The molecule has 1 spiro atoms. The molecule has 4 heterocycles. The van der Waals surface area contributed by atoms with Gasteiger partial charge in [0.05, 0.1) is 18.3 Å². The Hall–Kier alpha value is -2.93. The van der Waals surface area contributed by atoms with Gasteiger partial charge in [-0.2, -0.15) is 5.10 Å². The van der Waals surface area contributed by atoms with Gasteiger partial charge in [0, 0.05) is 60.3 Å². The molecule has 0 aromatic carbocycles. The van der Waals surface area contributed by atoms with E-state index in [-0.39, 0.29) is 17.4 Å². The van der Waals surface area contributed by atoms with Gasteiger partial charge in [-0.05, 0) is 50.3 Å². The summed E-state index contributed by atoms with van der Waals surface area (Å²) in [7, 11) is 0. The maximum absolute atomic E-state index is 13.0. The summed E-state index contributed by atoms with van der Waals surface area (Å²) in [5, 5.41) is 8.00. The Labute approximate surface area is 187 Å². The topological polar surface area (TPSA) is 82.2 Å². The maximum Gasteiger partial charge on any atom is 0.287 e. The van der Waals surface area contributed by atoms with Crippen molar-refractivity contribution in [2.24, 2.45) is 0 Å². The van der Waals surface area contributed by atoms with Crippen molar-refractivity contribution in [3.8, 4) is 11.3 Å². The molecule has 2 fully saturated rings. The highest BCUT2D eigenvalue weighted by molar-refractivity contribution is 5.95. The van der Waals surface area contributed by atoms with E-state index in [2.05, 4.69) is 16.5 Å². The van der Waals surface area contributed by atoms with E-state index in [0.717, 1.165) is 61.3 Å². The normalized spacial score (nSPS) is 20.6. The molecule has 1 saturated carbocycles. The fourth-order valence-electron chi connectivity index (χ4n) is 5.52. The van der Waals surface area contributed by atoms with Crippen molar-refractivity contribution in [3.05, 3.63) is 58.9 Å². The second-order valence-corrected chi connectivity index (χ2v) is 9.45. The van der Waals surface area contributed by atoms with Gasteiger partial charge in [-0.15, -0.1) is 0 Å². The first-order chi connectivity index (χ1) is 15.6. The van der Waals surface area contributed by atoms with Crippen LogP contribution in [0.25, 0.3) is 11.3 Å². The third kappa shape index (κ3) is 3.18. The molecule has 166 valence electrons. The van der Waals surface area contributed by atoms with Crippen LogP contribution in [0.4, 0.5) is 0 Å². The minimum Gasteiger partial charge on any atom is -0.455 e. The monoisotopic (exact) mass is 432 g/mol. The number of rotatable bonds is 5. The number of carbonyl (C=O) groups excluding carboxylic acids is 1. The van der Waals surface area contributed by atoms with Crippen LogP contribution < -0.4 is 5.32 Å². The molecule has 3 aromatic rings. The molecule has 7 heteroatoms. The Bertz CT molecular complexity index is 1150. The van der Waals surface area contributed by atoms with E-state index in [4.69, 9.17) is 14.3 Å². The van der Waals surface area contributed by atoms with E-state index in [1.165, 1.54) is 17.5 Å². The first kappa shape index (κ1) is 19.7. The molecule has 1 amide bonds. The van der Waals surface area contributed by atoms with Crippen LogP contribution >= 0.6 is 0 Å². The summed E-state index contributed by atoms with van der Waals surface area (Å²) in [5.41, 5.74) is 5.44. The standard InChI is InChI=1S/C25H28N4O3/c1-16-21-20(32-23(16)24(30)27-13-18-4-2-11-31-18)12-25(7-3-8-25)19-15-29(28-22(19)21)14-17-5-9-26-10-6-17/h5-6,9-10,15,18H,2-4,7-8,11-14H2,1H3,(H,27,30)/t18-/m0/s1. The molecule has 0 radical (unpaired) electrons. The van der Waals surface area contributed by atoms with E-state index >= 15 is 0 Å². The summed E-state index contributed by atoms with van der Waals surface area (Å²) in [6, 6.07) is 4.04. The van der Waals surface area contributed by atoms with Gasteiger partial charge in [-0.3, -0.25) is 14.5 Å². The number of aromatic nitrogens is 3. The number of nitrogens with zero attached hydrogens (tertiary/aromatic N) is 3. The first-order valence-electron chi connectivity index (χ1n) is 11.6. The minimum absolute atomic E-state index is 0.0918. The van der Waals surface area contributed by atoms with Crippen molar-refractivity contribution in [3.63, 3.8) is 0 Å². The van der Waals surface area contributed by atoms with Crippen LogP contribution in [-0.4, -0.2) is 39.9 Å². The van der Waals surface area contributed by atoms with Crippen molar-refractivity contribution in [1.29, 1.82) is 0 Å². The molecule has 1 aliphatic heterocycles. The molecular formula is C25H28N4O3. The van der Waals surface area contributed by atoms with Crippen molar-refractivity contribution in [2.45, 2.75) is 63.5 Å². The SMILES string of the molecule is Cc1c(C(=O)NC[C@@H]2CCCO2)oc2c1-c1nn(Cc3ccncc3)cc1C1(CCC1)C2. The quantitative estimate of drug-likeness (QED) is 0.664. The van der Waals surface area contributed by atoms with Crippen LogP contribution in [0.15, 0.2) is 35.1 Å². The van der Waals surface area contributed by atoms with Gasteiger partial charge in [0.2, 0.25) is 0 Å². The number of amides is 1. The Morgan fingerprint density at radius 3 is 2.84 bits per heavy atom. The number of fused-ring (bicyclic) bond motifs is 4. The van der Waals surface area contributed by atoms with Crippen LogP contribution in [0, 0.1) is 6.92 Å². The molecule has 0 bridgehead atoms. The molecule has 0 unspecified atom stereocenters. The van der Waals surface area contributed by atoms with Gasteiger partial charge in [0.1, 0.15) is 5.76 Å². The van der Waals surface area contributed by atoms with E-state index in [0.29, 0.717) is 18.8 Å². The van der Waals surface area contributed by atoms with Gasteiger partial charge >= 0.3 is 0 Å². The summed E-state index contributed by atoms with van der Waals surface area (Å²) in [6.07, 6.45) is 12.3. The van der Waals surface area contributed by atoms with E-state index in [1.807, 2.05) is 36.1 Å². The highest BCUT2D eigenvalue weighted by atomic mass is 16.5. The summed E-state index contributed by atoms with van der Waals surface area (Å²) in [6.45, 7) is 3.99. The zero-order chi connectivity index (χ0) is 21.7. The number of hydrogen-bond donors (Lipinski definition) is 1. The lowest BCUT2D eigenvalue weighted by atomic mass is 9.59. The Morgan fingerprint density at radius 1 is 1.28 bits per heavy atom. The number of nitrogens with one attached hydrogen (secondary N) is 1. The first-order valence-corrected chi connectivity index (χ1v) is 11.6. The Morgan fingerprint density at radius 2 is 2.12 bits per heavy atom. The Kier molecular flexibility index (Phi) is 4.68. The molecule has 1 N–H and O–H groups in total. The molecule has 32 heavy (non-hydrogen) atoms. The lowest BCUT2D eigenvalue weighted by Gasteiger charge is -2.43. The zero-order valence-corrected chi connectivity index (χ0v) is 18.4. The van der Waals surface area contributed by atoms with E-state index < -0.39 is 0 Å². The minimum atomic E-state index is -0.159. The molecule has 1 atom stereocenters. The zero-order valence-electron chi connectivity index (χ0n) is 18.4. The van der Waals surface area contributed by atoms with E-state index in [1.54, 1.807) is 0 Å². The third-order valence-electron chi connectivity index (χ3n) is 7.41. The molecule has 7 nitrogen and oxygen atoms in total. The van der Waals surface area contributed by atoms with Crippen LogP contribution in [0.5, 0.6) is 0 Å². The number of ether oxygens (including phenoxy) is 1. The Balaban J connectivity index is 1.33. The average Bonchev–Trinajstić information content (AvgIpc) is 3.50. The number of furan rings is 1. The number of hydrogen-bond acceptors (Lipinski definition) is 5.